The maximum absolute atomic E-state index is 10.5. The summed E-state index contributed by atoms with van der Waals surface area (Å²) in [6.45, 7) is 3.43. The molecule has 2 aromatic heterocycles. The molecule has 0 fully saturated rings. The van der Waals surface area contributed by atoms with Crippen LogP contribution in [0.4, 0.5) is 0 Å². The van der Waals surface area contributed by atoms with Crippen LogP contribution in [0.25, 0.3) is 0 Å². The summed E-state index contributed by atoms with van der Waals surface area (Å²) in [7, 11) is 3.98. The number of aliphatic hydroxyl groups excluding tert-OH is 1. The Morgan fingerprint density at radius 3 is 2.75 bits per heavy atom. The first kappa shape index (κ1) is 15.0. The van der Waals surface area contributed by atoms with E-state index < -0.39 is 6.10 Å². The van der Waals surface area contributed by atoms with E-state index in [4.69, 9.17) is 11.6 Å². The molecule has 0 saturated carbocycles. The van der Waals surface area contributed by atoms with Crippen molar-refractivity contribution in [3.8, 4) is 0 Å². The number of nitrogens with zero attached hydrogens (tertiary/aromatic N) is 4. The molecule has 2 rings (SSSR count). The van der Waals surface area contributed by atoms with Gasteiger partial charge in [-0.3, -0.25) is 9.67 Å². The number of likely N-dealkylation sites (N-methyl/N-ethyl adjacent to an activating group) is 1. The van der Waals surface area contributed by atoms with Crippen molar-refractivity contribution in [1.82, 2.24) is 19.7 Å². The highest BCUT2D eigenvalue weighted by atomic mass is 35.5. The Bertz CT molecular complexity index is 582. The lowest BCUT2D eigenvalue weighted by Crippen LogP contribution is -2.21. The first-order valence-electron chi connectivity index (χ1n) is 6.44. The predicted octanol–water partition coefficient (Wildman–Crippen LogP) is 1.88. The van der Waals surface area contributed by atoms with Gasteiger partial charge in [-0.05, 0) is 26.6 Å². The maximum Gasteiger partial charge on any atom is 0.124 e. The molecule has 0 aliphatic carbocycles. The fourth-order valence-corrected chi connectivity index (χ4v) is 2.25. The van der Waals surface area contributed by atoms with Crippen LogP contribution in [0.5, 0.6) is 0 Å². The Hall–Kier alpha value is -1.43. The molecular weight excluding hydrogens is 276 g/mol. The van der Waals surface area contributed by atoms with Crippen LogP contribution in [0.3, 0.4) is 0 Å². The second kappa shape index (κ2) is 6.35. The normalized spacial score (nSPS) is 12.9. The van der Waals surface area contributed by atoms with Crippen LogP contribution in [-0.4, -0.2) is 45.4 Å². The molecule has 0 aromatic carbocycles. The van der Waals surface area contributed by atoms with Gasteiger partial charge in [0.25, 0.3) is 0 Å². The molecule has 0 saturated heterocycles. The standard InChI is InChI=1S/C14H19ClN4O/c1-10-6-11(8-16-7-10)14(20)13-12(15)9-17-19(13)5-4-18(2)3/h6-9,14,20H,4-5H2,1-3H3. The Kier molecular flexibility index (Phi) is 4.75. The minimum absolute atomic E-state index is 0.470. The lowest BCUT2D eigenvalue weighted by atomic mass is 10.1. The number of halogens is 1. The lowest BCUT2D eigenvalue weighted by Gasteiger charge is -2.16. The molecule has 0 aliphatic heterocycles. The number of pyridine rings is 1. The van der Waals surface area contributed by atoms with Crippen LogP contribution in [0.15, 0.2) is 24.7 Å². The van der Waals surface area contributed by atoms with Crippen LogP contribution >= 0.6 is 11.6 Å². The zero-order valence-electron chi connectivity index (χ0n) is 11.9. The molecule has 0 radical (unpaired) electrons. The number of aliphatic hydroxyl groups is 1. The van der Waals surface area contributed by atoms with Crippen LogP contribution in [0.1, 0.15) is 22.9 Å². The number of hydrogen-bond donors (Lipinski definition) is 1. The second-order valence-electron chi connectivity index (χ2n) is 5.10. The molecule has 2 heterocycles. The van der Waals surface area contributed by atoms with Gasteiger partial charge in [0.1, 0.15) is 6.10 Å². The predicted molar refractivity (Wildman–Crippen MR) is 78.8 cm³/mol. The molecule has 2 aromatic rings. The Balaban J connectivity index is 2.29. The van der Waals surface area contributed by atoms with Gasteiger partial charge in [-0.25, -0.2) is 0 Å². The van der Waals surface area contributed by atoms with E-state index in [1.165, 1.54) is 0 Å². The summed E-state index contributed by atoms with van der Waals surface area (Å²) in [4.78, 5) is 6.16. The highest BCUT2D eigenvalue weighted by Crippen LogP contribution is 2.28. The van der Waals surface area contributed by atoms with Gasteiger partial charge in [0.05, 0.1) is 23.5 Å². The molecule has 0 bridgehead atoms. The molecule has 6 heteroatoms. The van der Waals surface area contributed by atoms with Gasteiger partial charge >= 0.3 is 0 Å². The van der Waals surface area contributed by atoms with Gasteiger partial charge in [0.2, 0.25) is 0 Å². The topological polar surface area (TPSA) is 54.2 Å². The van der Waals surface area contributed by atoms with Crippen LogP contribution in [-0.2, 0) is 6.54 Å². The molecule has 1 N–H and O–H groups in total. The third-order valence-corrected chi connectivity index (χ3v) is 3.35. The molecule has 20 heavy (non-hydrogen) atoms. The average molecular weight is 295 g/mol. The van der Waals surface area contributed by atoms with Gasteiger partial charge in [0.15, 0.2) is 0 Å². The van der Waals surface area contributed by atoms with Crippen molar-refractivity contribution in [3.63, 3.8) is 0 Å². The highest BCUT2D eigenvalue weighted by molar-refractivity contribution is 6.31. The molecule has 1 unspecified atom stereocenters. The van der Waals surface area contributed by atoms with Gasteiger partial charge < -0.3 is 10.0 Å². The quantitative estimate of drug-likeness (QED) is 0.915. The van der Waals surface area contributed by atoms with Gasteiger partial charge in [-0.2, -0.15) is 5.10 Å². The zero-order valence-corrected chi connectivity index (χ0v) is 12.7. The SMILES string of the molecule is Cc1cncc(C(O)c2c(Cl)cnn2CCN(C)C)c1. The van der Waals surface area contributed by atoms with E-state index in [0.717, 1.165) is 17.7 Å². The van der Waals surface area contributed by atoms with Crippen LogP contribution < -0.4 is 0 Å². The molecular formula is C14H19ClN4O. The molecule has 0 amide bonds. The van der Waals surface area contributed by atoms with Crippen molar-refractivity contribution in [3.05, 3.63) is 46.5 Å². The highest BCUT2D eigenvalue weighted by Gasteiger charge is 2.20. The molecule has 0 spiro atoms. The number of hydrogen-bond acceptors (Lipinski definition) is 4. The first-order chi connectivity index (χ1) is 9.49. The van der Waals surface area contributed by atoms with E-state index in [2.05, 4.69) is 15.0 Å². The van der Waals surface area contributed by atoms with E-state index in [1.54, 1.807) is 23.3 Å². The second-order valence-corrected chi connectivity index (χ2v) is 5.51. The van der Waals surface area contributed by atoms with Crippen molar-refractivity contribution >= 4 is 11.6 Å². The number of aryl methyl sites for hydroxylation is 1. The molecule has 1 atom stereocenters. The summed E-state index contributed by atoms with van der Waals surface area (Å²) in [6.07, 6.45) is 4.15. The van der Waals surface area contributed by atoms with Crippen LogP contribution in [0.2, 0.25) is 5.02 Å². The summed E-state index contributed by atoms with van der Waals surface area (Å²) in [5.74, 6) is 0. The largest absolute Gasteiger partial charge is 0.382 e. The van der Waals surface area contributed by atoms with E-state index in [0.29, 0.717) is 17.3 Å². The van der Waals surface area contributed by atoms with Crippen molar-refractivity contribution in [2.45, 2.75) is 19.6 Å². The number of aromatic nitrogens is 3. The number of rotatable bonds is 5. The van der Waals surface area contributed by atoms with Crippen molar-refractivity contribution < 1.29 is 5.11 Å². The third kappa shape index (κ3) is 3.36. The summed E-state index contributed by atoms with van der Waals surface area (Å²) >= 11 is 6.17. The van der Waals surface area contributed by atoms with Crippen molar-refractivity contribution in [1.29, 1.82) is 0 Å². The van der Waals surface area contributed by atoms with Gasteiger partial charge in [-0.1, -0.05) is 17.7 Å². The fourth-order valence-electron chi connectivity index (χ4n) is 2.00. The summed E-state index contributed by atoms with van der Waals surface area (Å²) in [6, 6.07) is 1.90. The summed E-state index contributed by atoms with van der Waals surface area (Å²) in [5, 5.41) is 15.2. The zero-order chi connectivity index (χ0) is 14.7. The van der Waals surface area contributed by atoms with Crippen LogP contribution in [0, 0.1) is 6.92 Å². The smallest absolute Gasteiger partial charge is 0.124 e. The van der Waals surface area contributed by atoms with Crippen molar-refractivity contribution in [2.75, 3.05) is 20.6 Å². The fraction of sp³-hybridized carbons (Fsp3) is 0.429. The van der Waals surface area contributed by atoms with E-state index in [1.807, 2.05) is 27.1 Å². The maximum atomic E-state index is 10.5. The molecule has 5 nitrogen and oxygen atoms in total. The molecule has 0 aliphatic rings. The minimum atomic E-state index is -0.820. The summed E-state index contributed by atoms with van der Waals surface area (Å²) < 4.78 is 1.75. The minimum Gasteiger partial charge on any atom is -0.382 e. The van der Waals surface area contributed by atoms with Crippen molar-refractivity contribution in [2.24, 2.45) is 0 Å². The third-order valence-electron chi connectivity index (χ3n) is 3.06. The average Bonchev–Trinajstić information content (AvgIpc) is 2.76. The Morgan fingerprint density at radius 2 is 2.10 bits per heavy atom. The lowest BCUT2D eigenvalue weighted by molar-refractivity contribution is 0.205. The Morgan fingerprint density at radius 1 is 1.35 bits per heavy atom. The van der Waals surface area contributed by atoms with E-state index >= 15 is 0 Å². The van der Waals surface area contributed by atoms with E-state index in [-0.39, 0.29) is 0 Å². The van der Waals surface area contributed by atoms with E-state index in [9.17, 15) is 5.11 Å². The van der Waals surface area contributed by atoms with Gasteiger partial charge in [-0.15, -0.1) is 0 Å². The summed E-state index contributed by atoms with van der Waals surface area (Å²) in [5.41, 5.74) is 2.33. The van der Waals surface area contributed by atoms with Gasteiger partial charge in [0, 0.05) is 24.5 Å². The monoisotopic (exact) mass is 294 g/mol. The Labute approximate surface area is 123 Å². The first-order valence-corrected chi connectivity index (χ1v) is 6.82. The molecule has 108 valence electrons.